The van der Waals surface area contributed by atoms with Crippen LogP contribution in [0.2, 0.25) is 0 Å². The van der Waals surface area contributed by atoms with Crippen LogP contribution >= 0.6 is 0 Å². The predicted octanol–water partition coefficient (Wildman–Crippen LogP) is 3.95. The van der Waals surface area contributed by atoms with Crippen molar-refractivity contribution in [3.8, 4) is 0 Å². The van der Waals surface area contributed by atoms with E-state index in [2.05, 4.69) is 11.1 Å². The van der Waals surface area contributed by atoms with E-state index in [9.17, 15) is 9.59 Å². The van der Waals surface area contributed by atoms with E-state index < -0.39 is 0 Å². The second kappa shape index (κ2) is 8.27. The number of anilines is 1. The number of rotatable bonds is 4. The van der Waals surface area contributed by atoms with Gasteiger partial charge in [-0.2, -0.15) is 0 Å². The first-order valence-electron chi connectivity index (χ1n) is 9.80. The summed E-state index contributed by atoms with van der Waals surface area (Å²) in [6.07, 6.45) is 1.89. The SMILES string of the molecule is CN(Cc1ccccc1)C(=O)c1cccc(C(=O)N2CCCc3ccccc32)n1. The van der Waals surface area contributed by atoms with Gasteiger partial charge in [-0.1, -0.05) is 54.6 Å². The number of fused-ring (bicyclic) bond motifs is 1. The van der Waals surface area contributed by atoms with Crippen LogP contribution < -0.4 is 4.90 Å². The summed E-state index contributed by atoms with van der Waals surface area (Å²) in [4.78, 5) is 33.8. The Kier molecular flexibility index (Phi) is 5.38. The summed E-state index contributed by atoms with van der Waals surface area (Å²) in [5.41, 5.74) is 3.71. The first-order valence-corrected chi connectivity index (χ1v) is 9.80. The highest BCUT2D eigenvalue weighted by Gasteiger charge is 2.25. The lowest BCUT2D eigenvalue weighted by Crippen LogP contribution is -2.36. The molecule has 0 saturated heterocycles. The molecule has 4 rings (SSSR count). The Balaban J connectivity index is 1.54. The number of amides is 2. The minimum Gasteiger partial charge on any atom is -0.336 e. The van der Waals surface area contributed by atoms with Crippen LogP contribution in [0.3, 0.4) is 0 Å². The van der Waals surface area contributed by atoms with Crippen LogP contribution in [-0.4, -0.2) is 35.3 Å². The highest BCUT2D eigenvalue weighted by molar-refractivity contribution is 6.06. The molecule has 1 aliphatic rings. The van der Waals surface area contributed by atoms with Crippen molar-refractivity contribution in [3.63, 3.8) is 0 Å². The van der Waals surface area contributed by atoms with Crippen LogP contribution in [0, 0.1) is 0 Å². The standard InChI is InChI=1S/C24H23N3O2/c1-26(17-18-9-3-2-4-10-18)23(28)20-13-7-14-21(25-20)24(29)27-16-8-12-19-11-5-6-15-22(19)27/h2-7,9-11,13-15H,8,12,16-17H2,1H3. The summed E-state index contributed by atoms with van der Waals surface area (Å²) in [6.45, 7) is 1.14. The van der Waals surface area contributed by atoms with Gasteiger partial charge in [-0.25, -0.2) is 4.98 Å². The van der Waals surface area contributed by atoms with Gasteiger partial charge in [0.15, 0.2) is 0 Å². The van der Waals surface area contributed by atoms with E-state index in [1.54, 1.807) is 35.0 Å². The van der Waals surface area contributed by atoms with Gasteiger partial charge in [0.25, 0.3) is 11.8 Å². The first kappa shape index (κ1) is 18.9. The molecule has 2 heterocycles. The van der Waals surface area contributed by atoms with E-state index >= 15 is 0 Å². The van der Waals surface area contributed by atoms with Crippen molar-refractivity contribution in [2.75, 3.05) is 18.5 Å². The highest BCUT2D eigenvalue weighted by Crippen LogP contribution is 2.27. The van der Waals surface area contributed by atoms with Gasteiger partial charge >= 0.3 is 0 Å². The summed E-state index contributed by atoms with van der Waals surface area (Å²) in [7, 11) is 1.74. The minimum atomic E-state index is -0.206. The third kappa shape index (κ3) is 4.04. The van der Waals surface area contributed by atoms with Gasteiger partial charge in [0.1, 0.15) is 11.4 Å². The minimum absolute atomic E-state index is 0.169. The second-order valence-electron chi connectivity index (χ2n) is 7.24. The average molecular weight is 385 g/mol. The largest absolute Gasteiger partial charge is 0.336 e. The molecule has 5 heteroatoms. The Hall–Kier alpha value is -3.47. The Morgan fingerprint density at radius 3 is 2.48 bits per heavy atom. The van der Waals surface area contributed by atoms with Crippen molar-refractivity contribution in [3.05, 3.63) is 95.3 Å². The van der Waals surface area contributed by atoms with Gasteiger partial charge in [-0.05, 0) is 42.2 Å². The number of aromatic nitrogens is 1. The molecule has 146 valence electrons. The summed E-state index contributed by atoms with van der Waals surface area (Å²) < 4.78 is 0. The molecule has 2 amide bonds. The Morgan fingerprint density at radius 2 is 1.66 bits per heavy atom. The zero-order chi connectivity index (χ0) is 20.2. The van der Waals surface area contributed by atoms with Crippen LogP contribution in [0.25, 0.3) is 0 Å². The number of benzene rings is 2. The molecule has 0 saturated carbocycles. The zero-order valence-electron chi connectivity index (χ0n) is 16.4. The van der Waals surface area contributed by atoms with Crippen LogP contribution in [0.15, 0.2) is 72.8 Å². The number of para-hydroxylation sites is 1. The number of pyridine rings is 1. The fourth-order valence-corrected chi connectivity index (χ4v) is 3.68. The molecule has 2 aromatic carbocycles. The van der Waals surface area contributed by atoms with E-state index in [0.29, 0.717) is 18.8 Å². The van der Waals surface area contributed by atoms with Gasteiger partial charge in [0.05, 0.1) is 0 Å². The maximum absolute atomic E-state index is 13.1. The second-order valence-corrected chi connectivity index (χ2v) is 7.24. The smallest absolute Gasteiger partial charge is 0.276 e. The lowest BCUT2D eigenvalue weighted by atomic mass is 10.0. The van der Waals surface area contributed by atoms with Crippen LogP contribution in [0.1, 0.15) is 38.5 Å². The average Bonchev–Trinajstić information content (AvgIpc) is 2.78. The summed E-state index contributed by atoms with van der Waals surface area (Å²) in [5.74, 6) is -0.375. The molecule has 0 radical (unpaired) electrons. The number of carbonyl (C=O) groups is 2. The molecule has 5 nitrogen and oxygen atoms in total. The van der Waals surface area contributed by atoms with Crippen molar-refractivity contribution in [2.45, 2.75) is 19.4 Å². The maximum atomic E-state index is 13.1. The molecular formula is C24H23N3O2. The highest BCUT2D eigenvalue weighted by atomic mass is 16.2. The van der Waals surface area contributed by atoms with Gasteiger partial charge in [-0.15, -0.1) is 0 Å². The maximum Gasteiger partial charge on any atom is 0.276 e. The van der Waals surface area contributed by atoms with Gasteiger partial charge in [-0.3, -0.25) is 9.59 Å². The van der Waals surface area contributed by atoms with Gasteiger partial charge in [0.2, 0.25) is 0 Å². The number of nitrogens with zero attached hydrogens (tertiary/aromatic N) is 3. The van der Waals surface area contributed by atoms with E-state index in [4.69, 9.17) is 0 Å². The van der Waals surface area contributed by atoms with Crippen LogP contribution in [0.4, 0.5) is 5.69 Å². The first-order chi connectivity index (χ1) is 14.1. The number of hydrogen-bond donors (Lipinski definition) is 0. The molecule has 0 bridgehead atoms. The van der Waals surface area contributed by atoms with Crippen molar-refractivity contribution in [2.24, 2.45) is 0 Å². The lowest BCUT2D eigenvalue weighted by molar-refractivity contribution is 0.0779. The van der Waals surface area contributed by atoms with Gasteiger partial charge < -0.3 is 9.80 Å². The molecule has 0 unspecified atom stereocenters. The van der Waals surface area contributed by atoms with Crippen molar-refractivity contribution in [1.82, 2.24) is 9.88 Å². The Morgan fingerprint density at radius 1 is 0.931 bits per heavy atom. The van der Waals surface area contributed by atoms with E-state index in [-0.39, 0.29) is 17.5 Å². The molecule has 29 heavy (non-hydrogen) atoms. The molecule has 0 atom stereocenters. The van der Waals surface area contributed by atoms with Crippen molar-refractivity contribution >= 4 is 17.5 Å². The molecule has 3 aromatic rings. The lowest BCUT2D eigenvalue weighted by Gasteiger charge is -2.29. The fourth-order valence-electron chi connectivity index (χ4n) is 3.68. The molecule has 0 aliphatic carbocycles. The zero-order valence-corrected chi connectivity index (χ0v) is 16.4. The summed E-state index contributed by atoms with van der Waals surface area (Å²) >= 11 is 0. The molecule has 0 N–H and O–H groups in total. The number of aryl methyl sites for hydroxylation is 1. The molecule has 1 aliphatic heterocycles. The summed E-state index contributed by atoms with van der Waals surface area (Å²) in [5, 5.41) is 0. The van der Waals surface area contributed by atoms with Crippen molar-refractivity contribution < 1.29 is 9.59 Å². The normalized spacial score (nSPS) is 12.9. The van der Waals surface area contributed by atoms with Crippen molar-refractivity contribution in [1.29, 1.82) is 0 Å². The quantitative estimate of drug-likeness (QED) is 0.683. The summed E-state index contributed by atoms with van der Waals surface area (Å²) in [6, 6.07) is 22.8. The van der Waals surface area contributed by atoms with Crippen LogP contribution in [0.5, 0.6) is 0 Å². The predicted molar refractivity (Wildman–Crippen MR) is 113 cm³/mol. The third-order valence-electron chi connectivity index (χ3n) is 5.15. The molecule has 0 fully saturated rings. The fraction of sp³-hybridized carbons (Fsp3) is 0.208. The topological polar surface area (TPSA) is 53.5 Å². The van der Waals surface area contributed by atoms with Crippen LogP contribution in [-0.2, 0) is 13.0 Å². The Labute approximate surface area is 170 Å². The van der Waals surface area contributed by atoms with Gasteiger partial charge in [0, 0.05) is 25.8 Å². The number of hydrogen-bond acceptors (Lipinski definition) is 3. The Bertz CT molecular complexity index is 1030. The van der Waals surface area contributed by atoms with E-state index in [1.165, 1.54) is 5.56 Å². The monoisotopic (exact) mass is 385 g/mol. The molecule has 0 spiro atoms. The van der Waals surface area contributed by atoms with E-state index in [1.807, 2.05) is 48.5 Å². The molecule has 1 aromatic heterocycles. The third-order valence-corrected chi connectivity index (χ3v) is 5.15. The number of carbonyl (C=O) groups excluding carboxylic acids is 2. The molecular weight excluding hydrogens is 362 g/mol. The van der Waals surface area contributed by atoms with E-state index in [0.717, 1.165) is 24.1 Å².